The number of carbonyl (C=O) groups is 1. The highest BCUT2D eigenvalue weighted by Gasteiger charge is 2.16. The van der Waals surface area contributed by atoms with E-state index in [4.69, 9.17) is 5.11 Å². The summed E-state index contributed by atoms with van der Waals surface area (Å²) in [5.41, 5.74) is 4.50. The Hall–Kier alpha value is -2.66. The molecule has 0 bridgehead atoms. The zero-order chi connectivity index (χ0) is 17.1. The summed E-state index contributed by atoms with van der Waals surface area (Å²) in [6.07, 6.45) is 0. The smallest absolute Gasteiger partial charge is 0.204 e. The summed E-state index contributed by atoms with van der Waals surface area (Å²) >= 11 is 0. The molecule has 1 heterocycles. The predicted octanol–water partition coefficient (Wildman–Crippen LogP) is 2.94. The normalized spacial score (nSPS) is 11.0. The molecule has 0 radical (unpaired) electrons. The van der Waals surface area contributed by atoms with Crippen LogP contribution in [-0.4, -0.2) is 33.6 Å². The van der Waals surface area contributed by atoms with E-state index in [1.165, 1.54) is 0 Å². The summed E-state index contributed by atoms with van der Waals surface area (Å²) in [6, 6.07) is 13.6. The van der Waals surface area contributed by atoms with Crippen molar-refractivity contribution in [3.05, 3.63) is 59.2 Å². The Morgan fingerprint density at radius 1 is 1.21 bits per heavy atom. The van der Waals surface area contributed by atoms with Gasteiger partial charge in [-0.1, -0.05) is 29.8 Å². The fourth-order valence-corrected chi connectivity index (χ4v) is 2.80. The molecule has 24 heavy (non-hydrogen) atoms. The third-order valence-electron chi connectivity index (χ3n) is 4.04. The quantitative estimate of drug-likeness (QED) is 0.685. The summed E-state index contributed by atoms with van der Waals surface area (Å²) in [5, 5.41) is 12.1. The zero-order valence-electron chi connectivity index (χ0n) is 13.9. The molecule has 124 valence electrons. The van der Waals surface area contributed by atoms with E-state index in [0.29, 0.717) is 12.5 Å². The molecule has 0 aliphatic heterocycles. The van der Waals surface area contributed by atoms with Gasteiger partial charge in [-0.3, -0.25) is 4.79 Å². The first-order valence-corrected chi connectivity index (χ1v) is 8.00. The monoisotopic (exact) mass is 323 g/mol. The molecule has 0 spiro atoms. The van der Waals surface area contributed by atoms with Crippen LogP contribution in [0.15, 0.2) is 42.5 Å². The number of nitrogens with zero attached hydrogens (tertiary/aromatic N) is 2. The van der Waals surface area contributed by atoms with Gasteiger partial charge in [0, 0.05) is 12.1 Å². The maximum absolute atomic E-state index is 12.8. The van der Waals surface area contributed by atoms with Crippen LogP contribution in [0.5, 0.6) is 0 Å². The molecule has 0 aliphatic carbocycles. The lowest BCUT2D eigenvalue weighted by atomic mass is 10.0. The average Bonchev–Trinajstić information content (AvgIpc) is 2.93. The van der Waals surface area contributed by atoms with Crippen molar-refractivity contribution in [1.29, 1.82) is 0 Å². The number of fused-ring (bicyclic) bond motifs is 1. The third kappa shape index (κ3) is 3.16. The molecule has 0 amide bonds. The molecule has 3 aromatic rings. The molecule has 1 aromatic heterocycles. The van der Waals surface area contributed by atoms with Crippen molar-refractivity contribution in [2.45, 2.75) is 20.4 Å². The number of imidazole rings is 1. The molecule has 5 heteroatoms. The van der Waals surface area contributed by atoms with Crippen LogP contribution in [0.4, 0.5) is 5.95 Å². The van der Waals surface area contributed by atoms with E-state index in [1.54, 1.807) is 0 Å². The zero-order valence-corrected chi connectivity index (χ0v) is 13.9. The Morgan fingerprint density at radius 2 is 2.00 bits per heavy atom. The summed E-state index contributed by atoms with van der Waals surface area (Å²) in [5.74, 6) is 0.648. The van der Waals surface area contributed by atoms with E-state index in [2.05, 4.69) is 10.3 Å². The van der Waals surface area contributed by atoms with Gasteiger partial charge in [0.25, 0.3) is 0 Å². The Morgan fingerprint density at radius 3 is 2.79 bits per heavy atom. The molecule has 2 N–H and O–H groups in total. The highest BCUT2D eigenvalue weighted by Crippen LogP contribution is 2.21. The maximum Gasteiger partial charge on any atom is 0.204 e. The van der Waals surface area contributed by atoms with Gasteiger partial charge in [-0.25, -0.2) is 4.98 Å². The Labute approximate surface area is 141 Å². The molecule has 3 rings (SSSR count). The Balaban J connectivity index is 1.99. The molecule has 2 aromatic carbocycles. The minimum Gasteiger partial charge on any atom is -0.395 e. The summed E-state index contributed by atoms with van der Waals surface area (Å²) in [6.45, 7) is 4.54. The van der Waals surface area contributed by atoms with Crippen LogP contribution in [0.2, 0.25) is 0 Å². The third-order valence-corrected chi connectivity index (χ3v) is 4.04. The summed E-state index contributed by atoms with van der Waals surface area (Å²) < 4.78 is 1.87. The number of aliphatic hydroxyl groups excluding tert-OH is 1. The first-order chi connectivity index (χ1) is 11.6. The van der Waals surface area contributed by atoms with Gasteiger partial charge >= 0.3 is 0 Å². The van der Waals surface area contributed by atoms with Crippen molar-refractivity contribution in [1.82, 2.24) is 9.55 Å². The van der Waals surface area contributed by atoms with Crippen molar-refractivity contribution >= 4 is 22.8 Å². The largest absolute Gasteiger partial charge is 0.395 e. The van der Waals surface area contributed by atoms with Crippen LogP contribution in [0, 0.1) is 13.8 Å². The van der Waals surface area contributed by atoms with Crippen LogP contribution in [0.25, 0.3) is 11.0 Å². The number of hydrogen-bond donors (Lipinski definition) is 2. The first kappa shape index (κ1) is 16.2. The van der Waals surface area contributed by atoms with Crippen LogP contribution >= 0.6 is 0 Å². The lowest BCUT2D eigenvalue weighted by molar-refractivity contribution is 0.0973. The van der Waals surface area contributed by atoms with Gasteiger partial charge < -0.3 is 15.0 Å². The SMILES string of the molecule is Cc1ccc(C)c(C(=O)Cn2c(NCCO)nc3ccccc32)c1. The number of nitrogens with one attached hydrogen (secondary N) is 1. The molecular formula is C19H21N3O2. The van der Waals surface area contributed by atoms with E-state index >= 15 is 0 Å². The Bertz CT molecular complexity index is 883. The number of para-hydroxylation sites is 2. The molecule has 5 nitrogen and oxygen atoms in total. The van der Waals surface area contributed by atoms with Crippen molar-refractivity contribution in [3.63, 3.8) is 0 Å². The molecule has 0 fully saturated rings. The predicted molar refractivity (Wildman–Crippen MR) is 95.6 cm³/mol. The second kappa shape index (κ2) is 6.84. The van der Waals surface area contributed by atoms with E-state index in [9.17, 15) is 4.79 Å². The van der Waals surface area contributed by atoms with Crippen molar-refractivity contribution in [2.75, 3.05) is 18.5 Å². The highest BCUT2D eigenvalue weighted by atomic mass is 16.3. The lowest BCUT2D eigenvalue weighted by Gasteiger charge is -2.11. The minimum absolute atomic E-state index is 0.00808. The number of hydrogen-bond acceptors (Lipinski definition) is 4. The van der Waals surface area contributed by atoms with E-state index in [1.807, 2.05) is 60.9 Å². The van der Waals surface area contributed by atoms with E-state index < -0.39 is 0 Å². The maximum atomic E-state index is 12.8. The molecular weight excluding hydrogens is 302 g/mol. The van der Waals surface area contributed by atoms with Gasteiger partial charge in [-0.15, -0.1) is 0 Å². The van der Waals surface area contributed by atoms with Crippen molar-refractivity contribution < 1.29 is 9.90 Å². The number of carbonyl (C=O) groups excluding carboxylic acids is 1. The van der Waals surface area contributed by atoms with Crippen LogP contribution in [-0.2, 0) is 6.54 Å². The molecule has 0 atom stereocenters. The molecule has 0 saturated heterocycles. The van der Waals surface area contributed by atoms with Crippen LogP contribution < -0.4 is 5.32 Å². The summed E-state index contributed by atoms with van der Waals surface area (Å²) in [7, 11) is 0. The van der Waals surface area contributed by atoms with Gasteiger partial charge in [-0.2, -0.15) is 0 Å². The van der Waals surface area contributed by atoms with E-state index in [0.717, 1.165) is 27.7 Å². The van der Waals surface area contributed by atoms with E-state index in [-0.39, 0.29) is 18.9 Å². The lowest BCUT2D eigenvalue weighted by Crippen LogP contribution is -2.16. The summed E-state index contributed by atoms with van der Waals surface area (Å²) in [4.78, 5) is 17.4. The minimum atomic E-state index is 0.00808. The topological polar surface area (TPSA) is 67.2 Å². The second-order valence-electron chi connectivity index (χ2n) is 5.90. The molecule has 0 aliphatic rings. The highest BCUT2D eigenvalue weighted by molar-refractivity contribution is 5.98. The number of Topliss-reactive ketones (excluding diaryl/α,β-unsaturated/α-hetero) is 1. The number of benzene rings is 2. The number of ketones is 1. The van der Waals surface area contributed by atoms with Gasteiger partial charge in [0.1, 0.15) is 0 Å². The van der Waals surface area contributed by atoms with Crippen molar-refractivity contribution in [2.24, 2.45) is 0 Å². The van der Waals surface area contributed by atoms with Gasteiger partial charge in [-0.05, 0) is 37.6 Å². The second-order valence-corrected chi connectivity index (χ2v) is 5.90. The average molecular weight is 323 g/mol. The van der Waals surface area contributed by atoms with Gasteiger partial charge in [0.2, 0.25) is 5.95 Å². The fraction of sp³-hybridized carbons (Fsp3) is 0.263. The Kier molecular flexibility index (Phi) is 4.62. The van der Waals surface area contributed by atoms with Crippen LogP contribution in [0.3, 0.4) is 0 Å². The number of rotatable bonds is 6. The van der Waals surface area contributed by atoms with Gasteiger partial charge in [0.05, 0.1) is 24.2 Å². The molecule has 0 unspecified atom stereocenters. The number of aryl methyl sites for hydroxylation is 2. The number of anilines is 1. The first-order valence-electron chi connectivity index (χ1n) is 8.00. The standard InChI is InChI=1S/C19H21N3O2/c1-13-7-8-14(2)15(11-13)18(24)12-22-17-6-4-3-5-16(17)21-19(22)20-9-10-23/h3-8,11,23H,9-10,12H2,1-2H3,(H,20,21). The number of aliphatic hydroxyl groups is 1. The van der Waals surface area contributed by atoms with Crippen LogP contribution in [0.1, 0.15) is 21.5 Å². The van der Waals surface area contributed by atoms with Gasteiger partial charge in [0.15, 0.2) is 5.78 Å². The fourth-order valence-electron chi connectivity index (χ4n) is 2.80. The molecule has 0 saturated carbocycles. The number of aromatic nitrogens is 2. The van der Waals surface area contributed by atoms with Crippen molar-refractivity contribution in [3.8, 4) is 0 Å².